The highest BCUT2D eigenvalue weighted by Gasteiger charge is 2.25. The van der Waals surface area contributed by atoms with Gasteiger partial charge < -0.3 is 14.8 Å². The van der Waals surface area contributed by atoms with E-state index in [2.05, 4.69) is 22.3 Å². The van der Waals surface area contributed by atoms with Gasteiger partial charge in [-0.1, -0.05) is 30.3 Å². The Bertz CT molecular complexity index is 425. The van der Waals surface area contributed by atoms with E-state index in [0.717, 1.165) is 32.7 Å². The number of esters is 1. The number of hydrogen-bond acceptors (Lipinski definition) is 5. The summed E-state index contributed by atoms with van der Waals surface area (Å²) in [5.41, 5.74) is 1.20. The molecule has 0 aromatic heterocycles. The van der Waals surface area contributed by atoms with E-state index in [1.54, 1.807) is 0 Å². The molecule has 1 atom stereocenters. The van der Waals surface area contributed by atoms with E-state index < -0.39 is 0 Å². The van der Waals surface area contributed by atoms with Crippen molar-refractivity contribution >= 4 is 5.97 Å². The molecule has 5 heteroatoms. The Kier molecular flexibility index (Phi) is 6.66. The third kappa shape index (κ3) is 5.46. The number of benzene rings is 1. The maximum Gasteiger partial charge on any atom is 0.324 e. The zero-order chi connectivity index (χ0) is 14.9. The van der Waals surface area contributed by atoms with Gasteiger partial charge in [-0.25, -0.2) is 0 Å². The highest BCUT2D eigenvalue weighted by atomic mass is 16.5. The van der Waals surface area contributed by atoms with Crippen molar-refractivity contribution in [3.05, 3.63) is 35.9 Å². The Morgan fingerprint density at radius 1 is 1.38 bits per heavy atom. The molecular formula is C16H24N2O3. The zero-order valence-corrected chi connectivity index (χ0v) is 12.6. The lowest BCUT2D eigenvalue weighted by atomic mass is 10.2. The van der Waals surface area contributed by atoms with E-state index in [0.29, 0.717) is 13.2 Å². The summed E-state index contributed by atoms with van der Waals surface area (Å²) in [7, 11) is 1.43. The first-order valence-electron chi connectivity index (χ1n) is 7.45. The summed E-state index contributed by atoms with van der Waals surface area (Å²) in [5.74, 6) is -0.181. The molecule has 116 valence electrons. The lowest BCUT2D eigenvalue weighted by Crippen LogP contribution is -2.54. The molecule has 0 radical (unpaired) electrons. The predicted octanol–water partition coefficient (Wildman–Crippen LogP) is 1.04. The van der Waals surface area contributed by atoms with Crippen LogP contribution < -0.4 is 5.32 Å². The molecule has 1 aliphatic rings. The van der Waals surface area contributed by atoms with E-state index in [4.69, 9.17) is 9.47 Å². The van der Waals surface area contributed by atoms with Crippen LogP contribution in [0.15, 0.2) is 30.3 Å². The maximum absolute atomic E-state index is 11.5. The van der Waals surface area contributed by atoms with Crippen LogP contribution in [0.2, 0.25) is 0 Å². The number of piperazine rings is 1. The van der Waals surface area contributed by atoms with Gasteiger partial charge in [0.1, 0.15) is 6.04 Å². The Labute approximate surface area is 126 Å². The van der Waals surface area contributed by atoms with Crippen molar-refractivity contribution in [2.45, 2.75) is 19.1 Å². The fraction of sp³-hybridized carbons (Fsp3) is 0.562. The van der Waals surface area contributed by atoms with Crippen LogP contribution in [-0.4, -0.2) is 56.8 Å². The third-order valence-corrected chi connectivity index (χ3v) is 3.62. The fourth-order valence-electron chi connectivity index (χ4n) is 2.47. The van der Waals surface area contributed by atoms with Crippen LogP contribution in [0.25, 0.3) is 0 Å². The molecule has 2 rings (SSSR count). The van der Waals surface area contributed by atoms with Crippen molar-refractivity contribution < 1.29 is 14.3 Å². The smallest absolute Gasteiger partial charge is 0.324 e. The molecule has 0 amide bonds. The van der Waals surface area contributed by atoms with Crippen LogP contribution >= 0.6 is 0 Å². The number of methoxy groups -OCH3 is 1. The molecule has 1 aromatic carbocycles. The summed E-state index contributed by atoms with van der Waals surface area (Å²) in [6, 6.07) is 9.98. The van der Waals surface area contributed by atoms with E-state index in [1.807, 2.05) is 18.2 Å². The molecule has 1 heterocycles. The number of carbonyl (C=O) groups excluding carboxylic acids is 1. The number of nitrogens with zero attached hydrogens (tertiary/aromatic N) is 1. The van der Waals surface area contributed by atoms with Gasteiger partial charge in [0.25, 0.3) is 0 Å². The SMILES string of the molecule is COC(=O)C1CN(CCCOCc2ccccc2)CCN1. The molecule has 1 fully saturated rings. The summed E-state index contributed by atoms with van der Waals surface area (Å²) in [6.45, 7) is 4.85. The van der Waals surface area contributed by atoms with Gasteiger partial charge in [0.05, 0.1) is 13.7 Å². The van der Waals surface area contributed by atoms with Crippen molar-refractivity contribution in [3.63, 3.8) is 0 Å². The molecule has 0 saturated carbocycles. The molecule has 0 aliphatic carbocycles. The average Bonchev–Trinajstić information content (AvgIpc) is 2.55. The largest absolute Gasteiger partial charge is 0.468 e. The molecule has 1 unspecified atom stereocenters. The third-order valence-electron chi connectivity index (χ3n) is 3.62. The van der Waals surface area contributed by atoms with Crippen LogP contribution in [0.5, 0.6) is 0 Å². The van der Waals surface area contributed by atoms with Crippen LogP contribution in [0.1, 0.15) is 12.0 Å². The van der Waals surface area contributed by atoms with Crippen LogP contribution in [-0.2, 0) is 20.9 Å². The quantitative estimate of drug-likeness (QED) is 0.601. The normalized spacial score (nSPS) is 19.4. The Balaban J connectivity index is 1.59. The van der Waals surface area contributed by atoms with E-state index in [-0.39, 0.29) is 12.0 Å². The van der Waals surface area contributed by atoms with Gasteiger partial charge >= 0.3 is 5.97 Å². The van der Waals surface area contributed by atoms with E-state index in [9.17, 15) is 4.79 Å². The second-order valence-electron chi connectivity index (χ2n) is 5.22. The van der Waals surface area contributed by atoms with Crippen LogP contribution in [0.3, 0.4) is 0 Å². The van der Waals surface area contributed by atoms with Crippen molar-refractivity contribution in [1.29, 1.82) is 0 Å². The first-order chi connectivity index (χ1) is 10.3. The molecule has 0 spiro atoms. The van der Waals surface area contributed by atoms with Crippen molar-refractivity contribution in [2.75, 3.05) is 39.9 Å². The minimum Gasteiger partial charge on any atom is -0.468 e. The summed E-state index contributed by atoms with van der Waals surface area (Å²) >= 11 is 0. The summed E-state index contributed by atoms with van der Waals surface area (Å²) in [6.07, 6.45) is 0.973. The first kappa shape index (κ1) is 15.9. The Morgan fingerprint density at radius 2 is 2.19 bits per heavy atom. The Hall–Kier alpha value is -1.43. The second kappa shape index (κ2) is 8.77. The minimum atomic E-state index is -0.200. The first-order valence-corrected chi connectivity index (χ1v) is 7.45. The standard InChI is InChI=1S/C16H24N2O3/c1-20-16(19)15-12-18(10-8-17-15)9-5-11-21-13-14-6-3-2-4-7-14/h2-4,6-7,15,17H,5,8-13H2,1H3. The van der Waals surface area contributed by atoms with Crippen LogP contribution in [0, 0.1) is 0 Å². The topological polar surface area (TPSA) is 50.8 Å². The average molecular weight is 292 g/mol. The van der Waals surface area contributed by atoms with Crippen LogP contribution in [0.4, 0.5) is 0 Å². The molecule has 1 aliphatic heterocycles. The van der Waals surface area contributed by atoms with Gasteiger partial charge in [-0.2, -0.15) is 0 Å². The predicted molar refractivity (Wildman–Crippen MR) is 81.0 cm³/mol. The van der Waals surface area contributed by atoms with Gasteiger partial charge in [-0.3, -0.25) is 9.69 Å². The summed E-state index contributed by atoms with van der Waals surface area (Å²) in [4.78, 5) is 13.8. The lowest BCUT2D eigenvalue weighted by Gasteiger charge is -2.32. The fourth-order valence-corrected chi connectivity index (χ4v) is 2.47. The molecule has 1 N–H and O–H groups in total. The highest BCUT2D eigenvalue weighted by Crippen LogP contribution is 2.04. The molecule has 5 nitrogen and oxygen atoms in total. The minimum absolute atomic E-state index is 0.181. The van der Waals surface area contributed by atoms with E-state index in [1.165, 1.54) is 12.7 Å². The monoisotopic (exact) mass is 292 g/mol. The number of nitrogens with one attached hydrogen (secondary N) is 1. The zero-order valence-electron chi connectivity index (χ0n) is 12.6. The van der Waals surface area contributed by atoms with Gasteiger partial charge in [-0.05, 0) is 12.0 Å². The van der Waals surface area contributed by atoms with Gasteiger partial charge in [-0.15, -0.1) is 0 Å². The van der Waals surface area contributed by atoms with Crippen molar-refractivity contribution in [2.24, 2.45) is 0 Å². The number of carbonyl (C=O) groups is 1. The van der Waals surface area contributed by atoms with Gasteiger partial charge in [0.2, 0.25) is 0 Å². The highest BCUT2D eigenvalue weighted by molar-refractivity contribution is 5.76. The molecule has 1 aromatic rings. The van der Waals surface area contributed by atoms with Crippen molar-refractivity contribution in [1.82, 2.24) is 10.2 Å². The lowest BCUT2D eigenvalue weighted by molar-refractivity contribution is -0.144. The summed E-state index contributed by atoms with van der Waals surface area (Å²) in [5, 5.41) is 3.18. The van der Waals surface area contributed by atoms with E-state index >= 15 is 0 Å². The van der Waals surface area contributed by atoms with Gasteiger partial charge in [0.15, 0.2) is 0 Å². The maximum atomic E-state index is 11.5. The number of rotatable bonds is 7. The second-order valence-corrected chi connectivity index (χ2v) is 5.22. The number of ether oxygens (including phenoxy) is 2. The molecular weight excluding hydrogens is 268 g/mol. The van der Waals surface area contributed by atoms with Crippen molar-refractivity contribution in [3.8, 4) is 0 Å². The Morgan fingerprint density at radius 3 is 2.95 bits per heavy atom. The molecule has 0 bridgehead atoms. The summed E-state index contributed by atoms with van der Waals surface area (Å²) < 4.78 is 10.4. The number of hydrogen-bond donors (Lipinski definition) is 1. The molecule has 1 saturated heterocycles. The molecule has 21 heavy (non-hydrogen) atoms. The van der Waals surface area contributed by atoms with Gasteiger partial charge in [0, 0.05) is 32.8 Å².